The van der Waals surface area contributed by atoms with E-state index in [1.165, 1.54) is 0 Å². The number of aromatic nitrogens is 1. The van der Waals surface area contributed by atoms with Crippen LogP contribution in [0.25, 0.3) is 11.3 Å². The number of nitrogens with one attached hydrogen (secondary N) is 1. The van der Waals surface area contributed by atoms with Gasteiger partial charge in [0.2, 0.25) is 5.91 Å². The molecule has 4 heteroatoms. The van der Waals surface area contributed by atoms with Gasteiger partial charge in [0.25, 0.3) is 0 Å². The summed E-state index contributed by atoms with van der Waals surface area (Å²) in [4.78, 5) is 15.9. The summed E-state index contributed by atoms with van der Waals surface area (Å²) in [7, 11) is 0. The van der Waals surface area contributed by atoms with E-state index in [-0.39, 0.29) is 0 Å². The fraction of sp³-hybridized carbons (Fsp3) is 0.200. The van der Waals surface area contributed by atoms with Gasteiger partial charge < -0.3 is 11.1 Å². The molecule has 98 valence electrons. The summed E-state index contributed by atoms with van der Waals surface area (Å²) in [5.41, 5.74) is 8.33. The first-order chi connectivity index (χ1) is 9.24. The molecule has 0 aliphatic rings. The van der Waals surface area contributed by atoms with Crippen molar-refractivity contribution in [3.63, 3.8) is 0 Å². The third-order valence-corrected chi connectivity index (χ3v) is 2.82. The molecule has 0 aliphatic heterocycles. The average Bonchev–Trinajstić information content (AvgIpc) is 2.45. The van der Waals surface area contributed by atoms with Crippen molar-refractivity contribution in [2.75, 3.05) is 11.9 Å². The van der Waals surface area contributed by atoms with Crippen molar-refractivity contribution in [2.45, 2.75) is 13.3 Å². The van der Waals surface area contributed by atoms with Crippen molar-refractivity contribution >= 4 is 11.6 Å². The number of hydrogen-bond donors (Lipinski definition) is 2. The van der Waals surface area contributed by atoms with E-state index < -0.39 is 5.91 Å². The smallest absolute Gasteiger partial charge is 0.249 e. The molecular weight excluding hydrogens is 238 g/mol. The first-order valence-corrected chi connectivity index (χ1v) is 6.32. The Hall–Kier alpha value is -2.36. The van der Waals surface area contributed by atoms with Gasteiger partial charge in [-0.25, -0.2) is 0 Å². The molecule has 0 fully saturated rings. The second-order valence-electron chi connectivity index (χ2n) is 4.24. The lowest BCUT2D eigenvalue weighted by molar-refractivity contribution is 0.100. The number of nitrogens with zero attached hydrogens (tertiary/aromatic N) is 1. The highest BCUT2D eigenvalue weighted by molar-refractivity contribution is 6.00. The first kappa shape index (κ1) is 13.1. The number of amides is 1. The number of rotatable bonds is 5. The van der Waals surface area contributed by atoms with Gasteiger partial charge in [-0.15, -0.1) is 0 Å². The van der Waals surface area contributed by atoms with Crippen molar-refractivity contribution in [3.05, 3.63) is 48.2 Å². The van der Waals surface area contributed by atoms with Crippen molar-refractivity contribution in [1.29, 1.82) is 0 Å². The molecule has 0 aliphatic carbocycles. The highest BCUT2D eigenvalue weighted by Gasteiger charge is 2.13. The van der Waals surface area contributed by atoms with Crippen molar-refractivity contribution in [3.8, 4) is 11.3 Å². The molecule has 0 atom stereocenters. The topological polar surface area (TPSA) is 68.0 Å². The fourth-order valence-corrected chi connectivity index (χ4v) is 1.93. The lowest BCUT2D eigenvalue weighted by Gasteiger charge is -2.12. The molecule has 0 saturated carbocycles. The number of pyridine rings is 1. The summed E-state index contributed by atoms with van der Waals surface area (Å²) in [6, 6.07) is 11.1. The van der Waals surface area contributed by atoms with Crippen LogP contribution in [-0.4, -0.2) is 17.4 Å². The van der Waals surface area contributed by atoms with Crippen molar-refractivity contribution < 1.29 is 4.79 Å². The maximum atomic E-state index is 11.5. The number of anilines is 1. The van der Waals surface area contributed by atoms with E-state index in [0.717, 1.165) is 29.9 Å². The second kappa shape index (κ2) is 6.00. The fourth-order valence-electron chi connectivity index (χ4n) is 1.93. The molecule has 1 aromatic heterocycles. The molecule has 19 heavy (non-hydrogen) atoms. The van der Waals surface area contributed by atoms with Crippen LogP contribution in [0.4, 0.5) is 5.69 Å². The molecule has 1 heterocycles. The van der Waals surface area contributed by atoms with Crippen LogP contribution >= 0.6 is 0 Å². The third kappa shape index (κ3) is 2.91. The van der Waals surface area contributed by atoms with Crippen LogP contribution in [0.5, 0.6) is 0 Å². The zero-order valence-electron chi connectivity index (χ0n) is 10.9. The van der Waals surface area contributed by atoms with E-state index in [1.807, 2.05) is 24.3 Å². The molecule has 0 radical (unpaired) electrons. The molecular formula is C15H17N3O. The number of nitrogens with two attached hydrogens (primary N) is 1. The molecule has 2 aromatic rings. The van der Waals surface area contributed by atoms with Crippen LogP contribution in [0.2, 0.25) is 0 Å². The quantitative estimate of drug-likeness (QED) is 0.863. The Labute approximate surface area is 112 Å². The summed E-state index contributed by atoms with van der Waals surface area (Å²) in [5.74, 6) is -0.442. The van der Waals surface area contributed by atoms with E-state index >= 15 is 0 Å². The number of carbonyl (C=O) groups excluding carboxylic acids is 1. The molecule has 0 bridgehead atoms. The highest BCUT2D eigenvalue weighted by Crippen LogP contribution is 2.28. The summed E-state index contributed by atoms with van der Waals surface area (Å²) < 4.78 is 0. The van der Waals surface area contributed by atoms with Gasteiger partial charge in [0.15, 0.2) is 0 Å². The zero-order valence-corrected chi connectivity index (χ0v) is 10.9. The minimum Gasteiger partial charge on any atom is -0.383 e. The number of benzene rings is 1. The van der Waals surface area contributed by atoms with Crippen LogP contribution < -0.4 is 11.1 Å². The number of carbonyl (C=O) groups is 1. The van der Waals surface area contributed by atoms with Gasteiger partial charge in [0, 0.05) is 23.9 Å². The Balaban J connectivity index is 2.50. The van der Waals surface area contributed by atoms with Crippen molar-refractivity contribution in [2.24, 2.45) is 5.73 Å². The number of primary amides is 1. The Bertz CT molecular complexity index is 581. The van der Waals surface area contributed by atoms with E-state index in [2.05, 4.69) is 17.2 Å². The van der Waals surface area contributed by atoms with Gasteiger partial charge in [0.1, 0.15) is 0 Å². The lowest BCUT2D eigenvalue weighted by atomic mass is 10.0. The minimum atomic E-state index is -0.442. The molecule has 2 rings (SSSR count). The molecule has 4 nitrogen and oxygen atoms in total. The van der Waals surface area contributed by atoms with Crippen LogP contribution in [0.15, 0.2) is 42.6 Å². The zero-order chi connectivity index (χ0) is 13.7. The van der Waals surface area contributed by atoms with E-state index in [9.17, 15) is 4.79 Å². The molecule has 0 unspecified atom stereocenters. The van der Waals surface area contributed by atoms with Crippen LogP contribution in [0.3, 0.4) is 0 Å². The van der Waals surface area contributed by atoms with Gasteiger partial charge >= 0.3 is 0 Å². The van der Waals surface area contributed by atoms with Gasteiger partial charge in [-0.05, 0) is 24.6 Å². The van der Waals surface area contributed by atoms with Gasteiger partial charge in [0.05, 0.1) is 11.4 Å². The van der Waals surface area contributed by atoms with E-state index in [4.69, 9.17) is 5.73 Å². The van der Waals surface area contributed by atoms with E-state index in [1.54, 1.807) is 18.3 Å². The van der Waals surface area contributed by atoms with E-state index in [0.29, 0.717) is 5.56 Å². The van der Waals surface area contributed by atoms with Crippen LogP contribution in [0.1, 0.15) is 23.7 Å². The normalized spacial score (nSPS) is 10.2. The third-order valence-electron chi connectivity index (χ3n) is 2.82. The Morgan fingerprint density at radius 2 is 2.05 bits per heavy atom. The SMILES string of the molecule is CCCNc1cccnc1-c1ccccc1C(N)=O. The predicted molar refractivity (Wildman–Crippen MR) is 77.0 cm³/mol. The van der Waals surface area contributed by atoms with Gasteiger partial charge in [-0.2, -0.15) is 0 Å². The lowest BCUT2D eigenvalue weighted by Crippen LogP contribution is -2.13. The van der Waals surface area contributed by atoms with Crippen LogP contribution in [0, 0.1) is 0 Å². The summed E-state index contributed by atoms with van der Waals surface area (Å²) in [6.45, 7) is 2.96. The Kier molecular flexibility index (Phi) is 4.13. The average molecular weight is 255 g/mol. The molecule has 0 spiro atoms. The maximum absolute atomic E-state index is 11.5. The Morgan fingerprint density at radius 1 is 1.26 bits per heavy atom. The number of hydrogen-bond acceptors (Lipinski definition) is 3. The molecule has 1 aromatic carbocycles. The van der Waals surface area contributed by atoms with Gasteiger partial charge in [-0.3, -0.25) is 9.78 Å². The predicted octanol–water partition coefficient (Wildman–Crippen LogP) is 2.67. The largest absolute Gasteiger partial charge is 0.383 e. The standard InChI is InChI=1S/C15H17N3O/c1-2-9-17-13-8-5-10-18-14(13)11-6-3-4-7-12(11)15(16)19/h3-8,10,17H,2,9H2,1H3,(H2,16,19). The molecule has 1 amide bonds. The summed E-state index contributed by atoms with van der Waals surface area (Å²) >= 11 is 0. The highest BCUT2D eigenvalue weighted by atomic mass is 16.1. The second-order valence-corrected chi connectivity index (χ2v) is 4.24. The molecule has 3 N–H and O–H groups in total. The van der Waals surface area contributed by atoms with Crippen molar-refractivity contribution in [1.82, 2.24) is 4.98 Å². The Morgan fingerprint density at radius 3 is 2.79 bits per heavy atom. The van der Waals surface area contributed by atoms with Crippen LogP contribution in [-0.2, 0) is 0 Å². The minimum absolute atomic E-state index is 0.442. The molecule has 0 saturated heterocycles. The summed E-state index contributed by atoms with van der Waals surface area (Å²) in [5, 5.41) is 3.31. The summed E-state index contributed by atoms with van der Waals surface area (Å²) in [6.07, 6.45) is 2.73. The monoisotopic (exact) mass is 255 g/mol. The first-order valence-electron chi connectivity index (χ1n) is 6.32. The van der Waals surface area contributed by atoms with Gasteiger partial charge in [-0.1, -0.05) is 25.1 Å². The maximum Gasteiger partial charge on any atom is 0.249 e.